The number of rotatable bonds is 7. The minimum atomic E-state index is 0.0457. The third kappa shape index (κ3) is 3.87. The van der Waals surface area contributed by atoms with E-state index in [0.29, 0.717) is 0 Å². The van der Waals surface area contributed by atoms with Gasteiger partial charge in [0.25, 0.3) is 0 Å². The molecule has 0 aliphatic carbocycles. The van der Waals surface area contributed by atoms with Crippen molar-refractivity contribution in [3.63, 3.8) is 0 Å². The molecule has 144 valence electrons. The number of para-hydroxylation sites is 1. The summed E-state index contributed by atoms with van der Waals surface area (Å²) in [5.74, 6) is 0. The van der Waals surface area contributed by atoms with Crippen LogP contribution in [0.2, 0.25) is 0 Å². The summed E-state index contributed by atoms with van der Waals surface area (Å²) in [5, 5.41) is 7.78. The van der Waals surface area contributed by atoms with E-state index < -0.39 is 0 Å². The van der Waals surface area contributed by atoms with Crippen molar-refractivity contribution >= 4 is 23.0 Å². The van der Waals surface area contributed by atoms with Crippen LogP contribution < -0.4 is 10.6 Å². The molecule has 4 rings (SSSR count). The van der Waals surface area contributed by atoms with Crippen LogP contribution in [0.25, 0.3) is 0 Å². The van der Waals surface area contributed by atoms with Crippen LogP contribution in [-0.2, 0) is 7.05 Å². The van der Waals surface area contributed by atoms with Crippen molar-refractivity contribution in [2.45, 2.75) is 18.5 Å². The molecule has 6 heteroatoms. The van der Waals surface area contributed by atoms with Crippen molar-refractivity contribution < 1.29 is 0 Å². The Morgan fingerprint density at radius 3 is 2.61 bits per heavy atom. The van der Waals surface area contributed by atoms with E-state index in [-0.39, 0.29) is 12.1 Å². The van der Waals surface area contributed by atoms with Gasteiger partial charge >= 0.3 is 0 Å². The van der Waals surface area contributed by atoms with Gasteiger partial charge in [-0.1, -0.05) is 24.3 Å². The normalized spacial score (nSPS) is 18.9. The van der Waals surface area contributed by atoms with Gasteiger partial charge in [-0.15, -0.1) is 0 Å². The predicted molar refractivity (Wildman–Crippen MR) is 117 cm³/mol. The minimum Gasteiger partial charge on any atom is -0.385 e. The standard InChI is InChI=1S/C22H25N5S/c1-26-15-7-12-19(26)21-20(18-11-5-6-13-24-18)25-22(28)27(21)16-8-14-23-17-9-3-2-4-10-17/h2-7,9-13,15,20-21,23H,8,14,16H2,1H3,(H,25,28)/t20-,21+/m0/s1. The Labute approximate surface area is 171 Å². The van der Waals surface area contributed by atoms with E-state index in [0.717, 1.165) is 36.0 Å². The molecule has 1 fully saturated rings. The van der Waals surface area contributed by atoms with E-state index in [2.05, 4.69) is 68.7 Å². The van der Waals surface area contributed by atoms with Crippen molar-refractivity contribution in [3.05, 3.63) is 84.4 Å². The maximum absolute atomic E-state index is 5.71. The summed E-state index contributed by atoms with van der Waals surface area (Å²) in [4.78, 5) is 6.89. The third-order valence-electron chi connectivity index (χ3n) is 5.16. The number of hydrogen-bond acceptors (Lipinski definition) is 3. The van der Waals surface area contributed by atoms with Gasteiger partial charge in [-0.2, -0.15) is 0 Å². The molecule has 2 aromatic heterocycles. The van der Waals surface area contributed by atoms with Crippen LogP contribution >= 0.6 is 12.2 Å². The number of thiocarbonyl (C=S) groups is 1. The summed E-state index contributed by atoms with van der Waals surface area (Å²) < 4.78 is 2.17. The lowest BCUT2D eigenvalue weighted by molar-refractivity contribution is 0.305. The lowest BCUT2D eigenvalue weighted by Gasteiger charge is -2.28. The van der Waals surface area contributed by atoms with Gasteiger partial charge in [-0.05, 0) is 55.0 Å². The second kappa shape index (κ2) is 8.44. The Morgan fingerprint density at radius 1 is 1.07 bits per heavy atom. The number of aromatic nitrogens is 2. The second-order valence-electron chi connectivity index (χ2n) is 7.01. The van der Waals surface area contributed by atoms with Crippen LogP contribution in [0.5, 0.6) is 0 Å². The van der Waals surface area contributed by atoms with Crippen LogP contribution in [-0.4, -0.2) is 32.7 Å². The number of benzene rings is 1. The van der Waals surface area contributed by atoms with E-state index in [9.17, 15) is 0 Å². The van der Waals surface area contributed by atoms with Crippen LogP contribution in [0.3, 0.4) is 0 Å². The zero-order chi connectivity index (χ0) is 19.3. The van der Waals surface area contributed by atoms with Gasteiger partial charge in [0, 0.05) is 43.9 Å². The van der Waals surface area contributed by atoms with Gasteiger partial charge in [-0.25, -0.2) is 0 Å². The molecule has 1 aromatic carbocycles. The van der Waals surface area contributed by atoms with Gasteiger partial charge in [0.15, 0.2) is 5.11 Å². The number of aryl methyl sites for hydroxylation is 1. The fraction of sp³-hybridized carbons (Fsp3) is 0.273. The number of pyridine rings is 1. The fourth-order valence-corrected chi connectivity index (χ4v) is 4.12. The average molecular weight is 392 g/mol. The lowest BCUT2D eigenvalue weighted by atomic mass is 10.0. The Balaban J connectivity index is 1.50. The van der Waals surface area contributed by atoms with Gasteiger partial charge < -0.3 is 20.1 Å². The smallest absolute Gasteiger partial charge is 0.170 e. The van der Waals surface area contributed by atoms with Gasteiger partial charge in [0.2, 0.25) is 0 Å². The quantitative estimate of drug-likeness (QED) is 0.473. The van der Waals surface area contributed by atoms with E-state index in [1.54, 1.807) is 0 Å². The summed E-state index contributed by atoms with van der Waals surface area (Å²) >= 11 is 5.71. The van der Waals surface area contributed by atoms with Crippen LogP contribution in [0.15, 0.2) is 73.1 Å². The first kappa shape index (κ1) is 18.5. The zero-order valence-electron chi connectivity index (χ0n) is 16.0. The molecule has 0 saturated carbocycles. The molecule has 28 heavy (non-hydrogen) atoms. The Bertz CT molecular complexity index is 909. The van der Waals surface area contributed by atoms with Crippen molar-refractivity contribution in [2.75, 3.05) is 18.4 Å². The molecule has 0 radical (unpaired) electrons. The first-order valence-electron chi connectivity index (χ1n) is 9.62. The minimum absolute atomic E-state index is 0.0457. The number of anilines is 1. The van der Waals surface area contributed by atoms with Crippen LogP contribution in [0.4, 0.5) is 5.69 Å². The first-order chi connectivity index (χ1) is 13.7. The largest absolute Gasteiger partial charge is 0.385 e. The molecular weight excluding hydrogens is 366 g/mol. The molecule has 0 spiro atoms. The predicted octanol–water partition coefficient (Wildman–Crippen LogP) is 3.89. The second-order valence-corrected chi connectivity index (χ2v) is 7.40. The number of nitrogens with one attached hydrogen (secondary N) is 2. The van der Waals surface area contributed by atoms with E-state index in [1.165, 1.54) is 5.69 Å². The molecule has 3 aromatic rings. The first-order valence-corrected chi connectivity index (χ1v) is 10.0. The molecule has 2 atom stereocenters. The highest BCUT2D eigenvalue weighted by Crippen LogP contribution is 2.38. The van der Waals surface area contributed by atoms with Gasteiger partial charge in [0.05, 0.1) is 17.8 Å². The number of hydrogen-bond donors (Lipinski definition) is 2. The summed E-state index contributed by atoms with van der Waals surface area (Å²) in [6.45, 7) is 1.78. The van der Waals surface area contributed by atoms with Crippen molar-refractivity contribution in [2.24, 2.45) is 7.05 Å². The Kier molecular flexibility index (Phi) is 5.58. The molecule has 1 aliphatic rings. The summed E-state index contributed by atoms with van der Waals surface area (Å²) in [7, 11) is 2.08. The summed E-state index contributed by atoms with van der Waals surface area (Å²) in [6, 6.07) is 20.8. The van der Waals surface area contributed by atoms with Crippen LogP contribution in [0, 0.1) is 0 Å². The highest BCUT2D eigenvalue weighted by Gasteiger charge is 2.40. The van der Waals surface area contributed by atoms with Gasteiger partial charge in [-0.3, -0.25) is 4.98 Å². The third-order valence-corrected chi connectivity index (χ3v) is 5.52. The monoisotopic (exact) mass is 391 g/mol. The Hall–Kier alpha value is -2.86. The molecule has 5 nitrogen and oxygen atoms in total. The molecular formula is C22H25N5S. The molecule has 0 bridgehead atoms. The number of nitrogens with zero attached hydrogens (tertiary/aromatic N) is 3. The zero-order valence-corrected chi connectivity index (χ0v) is 16.8. The van der Waals surface area contributed by atoms with Crippen molar-refractivity contribution in [1.29, 1.82) is 0 Å². The summed E-state index contributed by atoms with van der Waals surface area (Å²) in [6.07, 6.45) is 4.92. The molecule has 1 aliphatic heterocycles. The molecule has 3 heterocycles. The van der Waals surface area contributed by atoms with Crippen LogP contribution in [0.1, 0.15) is 29.9 Å². The SMILES string of the molecule is Cn1cccc1[C@@H]1[C@H](c2ccccn2)NC(=S)N1CCCNc1ccccc1. The lowest BCUT2D eigenvalue weighted by Crippen LogP contribution is -2.32. The molecule has 2 N–H and O–H groups in total. The van der Waals surface area contributed by atoms with Gasteiger partial charge in [0.1, 0.15) is 0 Å². The van der Waals surface area contributed by atoms with Crippen molar-refractivity contribution in [1.82, 2.24) is 19.8 Å². The highest BCUT2D eigenvalue weighted by molar-refractivity contribution is 7.80. The highest BCUT2D eigenvalue weighted by atomic mass is 32.1. The maximum Gasteiger partial charge on any atom is 0.170 e. The maximum atomic E-state index is 5.71. The summed E-state index contributed by atoms with van der Waals surface area (Å²) in [5.41, 5.74) is 3.40. The fourth-order valence-electron chi connectivity index (χ4n) is 3.79. The van der Waals surface area contributed by atoms with Crippen molar-refractivity contribution in [3.8, 4) is 0 Å². The molecule has 0 unspecified atom stereocenters. The Morgan fingerprint density at radius 2 is 1.89 bits per heavy atom. The average Bonchev–Trinajstić information content (AvgIpc) is 3.29. The topological polar surface area (TPSA) is 45.1 Å². The molecule has 1 saturated heterocycles. The van der Waals surface area contributed by atoms with E-state index in [1.807, 2.05) is 36.5 Å². The molecule has 0 amide bonds. The van der Waals surface area contributed by atoms with E-state index in [4.69, 9.17) is 12.2 Å². The van der Waals surface area contributed by atoms with E-state index >= 15 is 0 Å².